The lowest BCUT2D eigenvalue weighted by molar-refractivity contribution is 0.0553. The van der Waals surface area contributed by atoms with Crippen LogP contribution in [-0.4, -0.2) is 37.4 Å². The van der Waals surface area contributed by atoms with Crippen molar-refractivity contribution in [1.29, 1.82) is 0 Å². The molecule has 0 atom stereocenters. The largest absolute Gasteiger partial charge is 0.334 e. The molecule has 0 saturated carbocycles. The first-order valence-corrected chi connectivity index (χ1v) is 6.03. The van der Waals surface area contributed by atoms with Crippen LogP contribution in [0, 0.1) is 0 Å². The van der Waals surface area contributed by atoms with E-state index in [0.717, 1.165) is 6.20 Å². The van der Waals surface area contributed by atoms with Gasteiger partial charge in [-0.1, -0.05) is 11.6 Å². The van der Waals surface area contributed by atoms with E-state index >= 15 is 0 Å². The molecule has 108 valence electrons. The van der Waals surface area contributed by atoms with Gasteiger partial charge in [0, 0.05) is 20.3 Å². The summed E-state index contributed by atoms with van der Waals surface area (Å²) in [5.41, 5.74) is 0.599. The molecular formula is C11H12ClF2N5O. The smallest absolute Gasteiger partial charge is 0.333 e. The molecule has 0 bridgehead atoms. The van der Waals surface area contributed by atoms with Gasteiger partial charge in [0.15, 0.2) is 5.69 Å². The highest BCUT2D eigenvalue weighted by molar-refractivity contribution is 6.31. The highest BCUT2D eigenvalue weighted by Crippen LogP contribution is 2.17. The lowest BCUT2D eigenvalue weighted by Gasteiger charge is -2.16. The lowest BCUT2D eigenvalue weighted by Crippen LogP contribution is -2.28. The number of nitrogens with zero attached hydrogens (tertiary/aromatic N) is 5. The van der Waals surface area contributed by atoms with Crippen LogP contribution in [0.4, 0.5) is 8.78 Å². The minimum Gasteiger partial charge on any atom is -0.334 e. The Labute approximate surface area is 118 Å². The quantitative estimate of drug-likeness (QED) is 0.867. The molecule has 0 saturated heterocycles. The first-order valence-electron chi connectivity index (χ1n) is 5.65. The second-order valence-electron chi connectivity index (χ2n) is 4.18. The number of hydrogen-bond donors (Lipinski definition) is 0. The van der Waals surface area contributed by atoms with Crippen molar-refractivity contribution in [3.8, 4) is 0 Å². The predicted molar refractivity (Wildman–Crippen MR) is 67.5 cm³/mol. The van der Waals surface area contributed by atoms with Gasteiger partial charge in [-0.3, -0.25) is 9.48 Å². The Bertz CT molecular complexity index is 605. The molecule has 6 nitrogen and oxygen atoms in total. The van der Waals surface area contributed by atoms with Crippen LogP contribution in [0.25, 0.3) is 0 Å². The number of aryl methyl sites for hydroxylation is 1. The zero-order chi connectivity index (χ0) is 14.9. The summed E-state index contributed by atoms with van der Waals surface area (Å²) in [6, 6.07) is 1.25. The molecule has 9 heteroatoms. The van der Waals surface area contributed by atoms with Gasteiger partial charge in [-0.05, 0) is 6.07 Å². The van der Waals surface area contributed by atoms with Crippen LogP contribution < -0.4 is 0 Å². The molecule has 2 rings (SSSR count). The molecule has 0 N–H and O–H groups in total. The van der Waals surface area contributed by atoms with E-state index in [1.165, 1.54) is 24.2 Å². The zero-order valence-electron chi connectivity index (χ0n) is 10.8. The van der Waals surface area contributed by atoms with Gasteiger partial charge in [0.05, 0.1) is 23.5 Å². The van der Waals surface area contributed by atoms with Crippen LogP contribution in [0.1, 0.15) is 22.7 Å². The van der Waals surface area contributed by atoms with E-state index < -0.39 is 12.5 Å². The molecule has 0 aliphatic rings. The molecule has 20 heavy (non-hydrogen) atoms. The van der Waals surface area contributed by atoms with E-state index in [1.54, 1.807) is 11.7 Å². The van der Waals surface area contributed by atoms with Gasteiger partial charge in [-0.2, -0.15) is 19.0 Å². The van der Waals surface area contributed by atoms with E-state index in [2.05, 4.69) is 10.2 Å². The van der Waals surface area contributed by atoms with Crippen LogP contribution in [0.3, 0.4) is 0 Å². The first-order chi connectivity index (χ1) is 9.40. The Hall–Kier alpha value is -1.96. The molecule has 2 aromatic heterocycles. The van der Waals surface area contributed by atoms with Gasteiger partial charge < -0.3 is 4.90 Å². The maximum absolute atomic E-state index is 12.4. The van der Waals surface area contributed by atoms with Gasteiger partial charge in [-0.25, -0.2) is 4.68 Å². The Kier molecular flexibility index (Phi) is 4.03. The van der Waals surface area contributed by atoms with Crippen LogP contribution >= 0.6 is 11.6 Å². The Balaban J connectivity index is 2.12. The first kappa shape index (κ1) is 14.4. The summed E-state index contributed by atoms with van der Waals surface area (Å²) in [4.78, 5) is 13.4. The van der Waals surface area contributed by atoms with Gasteiger partial charge >= 0.3 is 6.55 Å². The molecule has 2 aromatic rings. The van der Waals surface area contributed by atoms with Gasteiger partial charge in [-0.15, -0.1) is 0 Å². The van der Waals surface area contributed by atoms with Crippen molar-refractivity contribution in [3.05, 3.63) is 34.9 Å². The van der Waals surface area contributed by atoms with Crippen molar-refractivity contribution in [2.24, 2.45) is 7.05 Å². The van der Waals surface area contributed by atoms with Crippen molar-refractivity contribution in [1.82, 2.24) is 24.5 Å². The predicted octanol–water partition coefficient (Wildman–Crippen LogP) is 1.94. The number of aromatic nitrogens is 4. The topological polar surface area (TPSA) is 56.0 Å². The minimum absolute atomic E-state index is 0.0499. The summed E-state index contributed by atoms with van der Waals surface area (Å²) in [5, 5.41) is 7.92. The van der Waals surface area contributed by atoms with E-state index in [9.17, 15) is 13.6 Å². The molecule has 0 spiro atoms. The number of carbonyl (C=O) groups excluding carboxylic acids is 1. The van der Waals surface area contributed by atoms with Crippen LogP contribution in [-0.2, 0) is 13.6 Å². The molecule has 0 aromatic carbocycles. The minimum atomic E-state index is -2.77. The number of hydrogen-bond acceptors (Lipinski definition) is 3. The summed E-state index contributed by atoms with van der Waals surface area (Å²) in [6.07, 6.45) is 2.53. The average molecular weight is 304 g/mol. The maximum Gasteiger partial charge on any atom is 0.333 e. The molecule has 2 heterocycles. The maximum atomic E-state index is 12.4. The Morgan fingerprint density at radius 2 is 2.25 bits per heavy atom. The van der Waals surface area contributed by atoms with E-state index in [4.69, 9.17) is 11.6 Å². The van der Waals surface area contributed by atoms with E-state index in [-0.39, 0.29) is 12.2 Å². The summed E-state index contributed by atoms with van der Waals surface area (Å²) in [5.74, 6) is -0.471. The number of alkyl halides is 2. The number of halogens is 3. The monoisotopic (exact) mass is 303 g/mol. The third-order valence-electron chi connectivity index (χ3n) is 2.77. The molecule has 0 unspecified atom stereocenters. The van der Waals surface area contributed by atoms with Crippen LogP contribution in [0.15, 0.2) is 18.5 Å². The van der Waals surface area contributed by atoms with Crippen molar-refractivity contribution >= 4 is 17.5 Å². The molecule has 0 fully saturated rings. The standard InChI is InChI=1S/C11H12ClF2N5O/c1-17(6-9-7(12)5-15-18(9)2)10(20)8-3-4-19(16-8)11(13)14/h3-5,11H,6H2,1-2H3. The summed E-state index contributed by atoms with van der Waals surface area (Å²) < 4.78 is 26.8. The summed E-state index contributed by atoms with van der Waals surface area (Å²) in [7, 11) is 3.23. The molecule has 1 amide bonds. The SMILES string of the molecule is CN(Cc1c(Cl)cnn1C)C(=O)c1ccn(C(F)F)n1. The number of carbonyl (C=O) groups is 1. The van der Waals surface area contributed by atoms with Gasteiger partial charge in [0.2, 0.25) is 0 Å². The zero-order valence-corrected chi connectivity index (χ0v) is 11.6. The fourth-order valence-corrected chi connectivity index (χ4v) is 1.89. The Morgan fingerprint density at radius 3 is 2.75 bits per heavy atom. The van der Waals surface area contributed by atoms with Gasteiger partial charge in [0.25, 0.3) is 5.91 Å². The fraction of sp³-hybridized carbons (Fsp3) is 0.364. The fourth-order valence-electron chi connectivity index (χ4n) is 1.67. The highest BCUT2D eigenvalue weighted by atomic mass is 35.5. The second-order valence-corrected chi connectivity index (χ2v) is 4.59. The van der Waals surface area contributed by atoms with Crippen LogP contribution in [0.2, 0.25) is 5.02 Å². The normalized spacial score (nSPS) is 11.1. The average Bonchev–Trinajstić information content (AvgIpc) is 3.00. The Morgan fingerprint density at radius 1 is 1.55 bits per heavy atom. The molecular weight excluding hydrogens is 292 g/mol. The summed E-state index contributed by atoms with van der Waals surface area (Å²) >= 11 is 5.95. The van der Waals surface area contributed by atoms with E-state index in [0.29, 0.717) is 15.4 Å². The molecule has 0 radical (unpaired) electrons. The summed E-state index contributed by atoms with van der Waals surface area (Å²) in [6.45, 7) is -2.57. The van der Waals surface area contributed by atoms with E-state index in [1.807, 2.05) is 0 Å². The van der Waals surface area contributed by atoms with Crippen molar-refractivity contribution < 1.29 is 13.6 Å². The van der Waals surface area contributed by atoms with Gasteiger partial charge in [0.1, 0.15) is 0 Å². The highest BCUT2D eigenvalue weighted by Gasteiger charge is 2.19. The third-order valence-corrected chi connectivity index (χ3v) is 3.09. The van der Waals surface area contributed by atoms with Crippen LogP contribution in [0.5, 0.6) is 0 Å². The number of rotatable bonds is 4. The third kappa shape index (κ3) is 2.79. The molecule has 0 aliphatic carbocycles. The van der Waals surface area contributed by atoms with Crippen molar-refractivity contribution in [2.75, 3.05) is 7.05 Å². The molecule has 0 aliphatic heterocycles. The lowest BCUT2D eigenvalue weighted by atomic mass is 10.3. The van der Waals surface area contributed by atoms with Crippen molar-refractivity contribution in [3.63, 3.8) is 0 Å². The second kappa shape index (κ2) is 5.58. The van der Waals surface area contributed by atoms with Crippen molar-refractivity contribution in [2.45, 2.75) is 13.1 Å². The number of amides is 1.